The van der Waals surface area contributed by atoms with Gasteiger partial charge in [-0.05, 0) is 19.4 Å². The van der Waals surface area contributed by atoms with Crippen LogP contribution in [0.4, 0.5) is 5.82 Å². The van der Waals surface area contributed by atoms with Crippen LogP contribution in [0.25, 0.3) is 10.2 Å². The molecule has 4 heterocycles. The molecule has 0 N–H and O–H groups in total. The van der Waals surface area contributed by atoms with Gasteiger partial charge in [0.1, 0.15) is 11.2 Å². The van der Waals surface area contributed by atoms with Crippen LogP contribution in [0.15, 0.2) is 6.33 Å². The molecule has 22 heavy (non-hydrogen) atoms. The molecule has 114 valence electrons. The van der Waals surface area contributed by atoms with Gasteiger partial charge >= 0.3 is 0 Å². The third-order valence-electron chi connectivity index (χ3n) is 4.11. The first-order valence-electron chi connectivity index (χ1n) is 7.21. The number of carbonyl (C=O) groups is 2. The van der Waals surface area contributed by atoms with Crippen molar-refractivity contribution in [2.75, 3.05) is 4.90 Å². The van der Waals surface area contributed by atoms with E-state index in [-0.39, 0.29) is 30.3 Å². The quantitative estimate of drug-likeness (QED) is 0.754. The Bertz CT molecular complexity index is 796. The van der Waals surface area contributed by atoms with Gasteiger partial charge in [0.25, 0.3) is 0 Å². The molecule has 0 saturated carbocycles. The van der Waals surface area contributed by atoms with E-state index in [1.165, 1.54) is 11.2 Å². The van der Waals surface area contributed by atoms with E-state index < -0.39 is 0 Å². The first-order valence-corrected chi connectivity index (χ1v) is 8.03. The molecule has 1 saturated heterocycles. The van der Waals surface area contributed by atoms with Crippen molar-refractivity contribution in [3.05, 3.63) is 16.8 Å². The lowest BCUT2D eigenvalue weighted by molar-refractivity contribution is -0.121. The predicted molar refractivity (Wildman–Crippen MR) is 81.7 cm³/mol. The van der Waals surface area contributed by atoms with Crippen LogP contribution in [0, 0.1) is 0 Å². The highest BCUT2D eigenvalue weighted by molar-refractivity contribution is 7.19. The van der Waals surface area contributed by atoms with Crippen molar-refractivity contribution in [2.45, 2.75) is 45.3 Å². The Morgan fingerprint density at radius 3 is 2.68 bits per heavy atom. The highest BCUT2D eigenvalue weighted by Gasteiger charge is 2.36. The number of hydrogen-bond acceptors (Lipinski definition) is 6. The zero-order chi connectivity index (χ0) is 15.5. The molecule has 2 amide bonds. The fourth-order valence-corrected chi connectivity index (χ4v) is 4.11. The molecule has 0 atom stereocenters. The lowest BCUT2D eigenvalue weighted by Gasteiger charge is -2.30. The van der Waals surface area contributed by atoms with Gasteiger partial charge in [-0.1, -0.05) is 0 Å². The Kier molecular flexibility index (Phi) is 2.86. The summed E-state index contributed by atoms with van der Waals surface area (Å²) in [6, 6.07) is 0. The van der Waals surface area contributed by atoms with Crippen LogP contribution < -0.4 is 4.90 Å². The van der Waals surface area contributed by atoms with E-state index in [0.717, 1.165) is 27.1 Å². The highest BCUT2D eigenvalue weighted by atomic mass is 32.1. The minimum atomic E-state index is -0.271. The van der Waals surface area contributed by atoms with Gasteiger partial charge in [-0.15, -0.1) is 11.3 Å². The third-order valence-corrected chi connectivity index (χ3v) is 5.22. The largest absolute Gasteiger partial charge is 0.370 e. The maximum absolute atomic E-state index is 12.1. The van der Waals surface area contributed by atoms with Crippen molar-refractivity contribution in [1.82, 2.24) is 9.97 Å². The summed E-state index contributed by atoms with van der Waals surface area (Å²) in [5.41, 5.74) is 0.840. The number of ether oxygens (including phenoxy) is 1. The molecule has 2 aliphatic heterocycles. The van der Waals surface area contributed by atoms with Gasteiger partial charge in [0.15, 0.2) is 5.82 Å². The van der Waals surface area contributed by atoms with Crippen LogP contribution in [0.1, 0.15) is 37.1 Å². The number of aromatic nitrogens is 2. The van der Waals surface area contributed by atoms with Crippen LogP contribution in [-0.4, -0.2) is 27.4 Å². The Morgan fingerprint density at radius 2 is 1.95 bits per heavy atom. The van der Waals surface area contributed by atoms with Crippen molar-refractivity contribution in [3.8, 4) is 0 Å². The van der Waals surface area contributed by atoms with Crippen molar-refractivity contribution in [2.24, 2.45) is 0 Å². The molecule has 7 heteroatoms. The van der Waals surface area contributed by atoms with Crippen LogP contribution >= 0.6 is 11.3 Å². The number of amides is 2. The van der Waals surface area contributed by atoms with Crippen LogP contribution in [-0.2, 0) is 27.4 Å². The first-order chi connectivity index (χ1) is 10.5. The van der Waals surface area contributed by atoms with Crippen LogP contribution in [0.5, 0.6) is 0 Å². The number of anilines is 1. The molecule has 6 nitrogen and oxygen atoms in total. The van der Waals surface area contributed by atoms with Gasteiger partial charge in [-0.25, -0.2) is 14.9 Å². The third kappa shape index (κ3) is 1.96. The molecule has 0 radical (unpaired) electrons. The zero-order valence-corrected chi connectivity index (χ0v) is 13.2. The van der Waals surface area contributed by atoms with Crippen molar-refractivity contribution >= 4 is 39.2 Å². The zero-order valence-electron chi connectivity index (χ0n) is 12.4. The lowest BCUT2D eigenvalue weighted by Crippen LogP contribution is -2.32. The summed E-state index contributed by atoms with van der Waals surface area (Å²) in [5.74, 6) is 0.0697. The topological polar surface area (TPSA) is 72.4 Å². The van der Waals surface area contributed by atoms with Crippen LogP contribution in [0.3, 0.4) is 0 Å². The summed E-state index contributed by atoms with van der Waals surface area (Å²) in [5, 5.41) is 0.836. The summed E-state index contributed by atoms with van der Waals surface area (Å²) < 4.78 is 5.84. The lowest BCUT2D eigenvalue weighted by atomic mass is 9.94. The van der Waals surface area contributed by atoms with Crippen molar-refractivity contribution in [1.29, 1.82) is 0 Å². The molecular formula is C15H15N3O3S. The van der Waals surface area contributed by atoms with Gasteiger partial charge in [-0.2, -0.15) is 0 Å². The summed E-state index contributed by atoms with van der Waals surface area (Å²) in [6.45, 7) is 4.61. The van der Waals surface area contributed by atoms with E-state index in [1.807, 2.05) is 13.8 Å². The van der Waals surface area contributed by atoms with E-state index in [2.05, 4.69) is 9.97 Å². The number of fused-ring (bicyclic) bond motifs is 3. The molecule has 2 aromatic rings. The number of carbonyl (C=O) groups excluding carboxylic acids is 2. The first kappa shape index (κ1) is 13.8. The van der Waals surface area contributed by atoms with Gasteiger partial charge in [0.2, 0.25) is 11.8 Å². The maximum Gasteiger partial charge on any atom is 0.235 e. The minimum absolute atomic E-state index is 0.184. The highest BCUT2D eigenvalue weighted by Crippen LogP contribution is 2.42. The van der Waals surface area contributed by atoms with Gasteiger partial charge < -0.3 is 4.74 Å². The number of rotatable bonds is 1. The van der Waals surface area contributed by atoms with Crippen molar-refractivity contribution < 1.29 is 14.3 Å². The van der Waals surface area contributed by atoms with E-state index >= 15 is 0 Å². The monoisotopic (exact) mass is 317 g/mol. The van der Waals surface area contributed by atoms with E-state index in [1.54, 1.807) is 11.3 Å². The standard InChI is InChI=1S/C15H15N3O3S/c1-15(2)5-8-9(6-21-15)22-14-12(8)13(16-7-17-14)18-10(19)3-4-11(18)20/h7H,3-6H2,1-2H3. The molecule has 2 aromatic heterocycles. The molecule has 0 unspecified atom stereocenters. The van der Waals surface area contributed by atoms with E-state index in [4.69, 9.17) is 4.74 Å². The Balaban J connectivity index is 1.95. The molecule has 0 bridgehead atoms. The fourth-order valence-electron chi connectivity index (χ4n) is 3.04. The number of thiophene rings is 1. The fraction of sp³-hybridized carbons (Fsp3) is 0.467. The number of nitrogens with zero attached hydrogens (tertiary/aromatic N) is 3. The summed E-state index contributed by atoms with van der Waals surface area (Å²) >= 11 is 1.55. The summed E-state index contributed by atoms with van der Waals surface area (Å²) in [7, 11) is 0. The Labute approximate surface area is 131 Å². The van der Waals surface area contributed by atoms with E-state index in [9.17, 15) is 9.59 Å². The van der Waals surface area contributed by atoms with Gasteiger partial charge in [0.05, 0.1) is 17.6 Å². The average molecular weight is 317 g/mol. The molecular weight excluding hydrogens is 302 g/mol. The maximum atomic E-state index is 12.1. The number of hydrogen-bond donors (Lipinski definition) is 0. The molecule has 4 rings (SSSR count). The molecule has 2 aliphatic rings. The predicted octanol–water partition coefficient (Wildman–Crippen LogP) is 2.20. The average Bonchev–Trinajstić information content (AvgIpc) is 2.98. The second-order valence-electron chi connectivity index (χ2n) is 6.23. The molecule has 0 spiro atoms. The molecule has 0 aliphatic carbocycles. The second kappa shape index (κ2) is 4.57. The normalized spacial score (nSPS) is 20.7. The van der Waals surface area contributed by atoms with Crippen LogP contribution in [0.2, 0.25) is 0 Å². The minimum Gasteiger partial charge on any atom is -0.370 e. The summed E-state index contributed by atoms with van der Waals surface area (Å²) in [6.07, 6.45) is 2.65. The smallest absolute Gasteiger partial charge is 0.235 e. The summed E-state index contributed by atoms with van der Waals surface area (Å²) in [4.78, 5) is 35.9. The Hall–Kier alpha value is -1.86. The van der Waals surface area contributed by atoms with E-state index in [0.29, 0.717) is 12.4 Å². The Morgan fingerprint density at radius 1 is 1.23 bits per heavy atom. The molecule has 1 fully saturated rings. The molecule has 0 aromatic carbocycles. The van der Waals surface area contributed by atoms with Crippen molar-refractivity contribution in [3.63, 3.8) is 0 Å². The van der Waals surface area contributed by atoms with Gasteiger partial charge in [0, 0.05) is 24.1 Å². The SMILES string of the molecule is CC1(C)Cc2c(sc3ncnc(N4C(=O)CCC4=O)c23)CO1. The number of imide groups is 1. The second-order valence-corrected chi connectivity index (χ2v) is 7.31. The van der Waals surface area contributed by atoms with Gasteiger partial charge in [-0.3, -0.25) is 9.59 Å².